The highest BCUT2D eigenvalue weighted by Gasteiger charge is 2.17. The van der Waals surface area contributed by atoms with E-state index in [2.05, 4.69) is 39.8 Å². The van der Waals surface area contributed by atoms with E-state index in [0.29, 0.717) is 41.4 Å². The Labute approximate surface area is 269 Å². The van der Waals surface area contributed by atoms with Crippen LogP contribution in [0.15, 0.2) is 95.8 Å². The summed E-state index contributed by atoms with van der Waals surface area (Å²) in [6.45, 7) is 2.44. The summed E-state index contributed by atoms with van der Waals surface area (Å²) in [7, 11) is 0. The van der Waals surface area contributed by atoms with Crippen molar-refractivity contribution in [2.24, 2.45) is 0 Å². The van der Waals surface area contributed by atoms with Crippen LogP contribution in [-0.4, -0.2) is 32.0 Å². The van der Waals surface area contributed by atoms with Crippen LogP contribution in [0.5, 0.6) is 5.75 Å². The standard InChI is InChI=1S/C35H33FIN3O4/c1-2-44-32-19-16-27(20-29(32)21-34(41)42)26-14-10-24(11-15-26)6-5-9-33-38-40(30-17-12-25(22-37)13-18-30)35(43)39(33)23-28-7-3-4-8-31(28)36/h3-4,7-8,10-20H,2,5-6,9,21-23H2,1H3,(H,41,42). The Hall–Kier alpha value is -4.25. The molecule has 0 aliphatic rings. The van der Waals surface area contributed by atoms with E-state index in [1.807, 2.05) is 61.5 Å². The maximum absolute atomic E-state index is 14.5. The lowest BCUT2D eigenvalue weighted by atomic mass is 9.98. The van der Waals surface area contributed by atoms with Crippen LogP contribution >= 0.6 is 22.6 Å². The number of hydrogen-bond donors (Lipinski definition) is 1. The maximum Gasteiger partial charge on any atom is 0.351 e. The summed E-state index contributed by atoms with van der Waals surface area (Å²) in [5.74, 6) is -0.0686. The van der Waals surface area contributed by atoms with E-state index in [1.165, 1.54) is 10.7 Å². The summed E-state index contributed by atoms with van der Waals surface area (Å²) in [5, 5.41) is 14.0. The summed E-state index contributed by atoms with van der Waals surface area (Å²) in [6, 6.07) is 28.0. The minimum absolute atomic E-state index is 0.104. The van der Waals surface area contributed by atoms with Crippen molar-refractivity contribution in [2.45, 2.75) is 43.6 Å². The number of alkyl halides is 1. The highest BCUT2D eigenvalue weighted by Crippen LogP contribution is 2.28. The number of aryl methyl sites for hydroxylation is 2. The number of nitrogens with zero attached hydrogens (tertiary/aromatic N) is 3. The number of halogens is 2. The molecule has 0 atom stereocenters. The zero-order chi connectivity index (χ0) is 31.1. The Bertz CT molecular complexity index is 1800. The molecule has 1 aromatic heterocycles. The quantitative estimate of drug-likeness (QED) is 0.105. The number of benzene rings is 4. The van der Waals surface area contributed by atoms with Gasteiger partial charge in [0.15, 0.2) is 0 Å². The van der Waals surface area contributed by atoms with Gasteiger partial charge in [0.25, 0.3) is 0 Å². The monoisotopic (exact) mass is 705 g/mol. The van der Waals surface area contributed by atoms with Gasteiger partial charge >= 0.3 is 11.7 Å². The lowest BCUT2D eigenvalue weighted by Crippen LogP contribution is -2.25. The van der Waals surface area contributed by atoms with E-state index in [-0.39, 0.29) is 24.5 Å². The summed E-state index contributed by atoms with van der Waals surface area (Å²) in [5.41, 5.74) is 5.64. The number of ether oxygens (including phenoxy) is 1. The lowest BCUT2D eigenvalue weighted by Gasteiger charge is -2.12. The first-order valence-corrected chi connectivity index (χ1v) is 16.0. The summed E-state index contributed by atoms with van der Waals surface area (Å²) in [6.07, 6.45) is 1.94. The molecule has 0 aliphatic heterocycles. The van der Waals surface area contributed by atoms with Crippen molar-refractivity contribution in [1.82, 2.24) is 14.3 Å². The van der Waals surface area contributed by atoms with Gasteiger partial charge in [-0.15, -0.1) is 5.10 Å². The molecule has 0 fully saturated rings. The van der Waals surface area contributed by atoms with Crippen molar-refractivity contribution in [3.05, 3.63) is 135 Å². The number of rotatable bonds is 13. The van der Waals surface area contributed by atoms with Gasteiger partial charge in [-0.3, -0.25) is 9.36 Å². The first kappa shape index (κ1) is 31.2. The van der Waals surface area contributed by atoms with Crippen LogP contribution in [0, 0.1) is 5.82 Å². The van der Waals surface area contributed by atoms with Crippen molar-refractivity contribution in [1.29, 1.82) is 0 Å². The average Bonchev–Trinajstić information content (AvgIpc) is 3.33. The predicted molar refractivity (Wildman–Crippen MR) is 177 cm³/mol. The second-order valence-electron chi connectivity index (χ2n) is 10.5. The number of carboxylic acids is 1. The zero-order valence-corrected chi connectivity index (χ0v) is 26.5. The molecule has 9 heteroatoms. The van der Waals surface area contributed by atoms with E-state index in [1.54, 1.807) is 22.8 Å². The molecule has 0 radical (unpaired) electrons. The molecule has 5 aromatic rings. The van der Waals surface area contributed by atoms with E-state index < -0.39 is 5.97 Å². The van der Waals surface area contributed by atoms with Crippen molar-refractivity contribution in [3.63, 3.8) is 0 Å². The van der Waals surface area contributed by atoms with Crippen LogP contribution in [0.25, 0.3) is 16.8 Å². The van der Waals surface area contributed by atoms with E-state index in [0.717, 1.165) is 39.5 Å². The fraction of sp³-hybridized carbons (Fsp3) is 0.229. The lowest BCUT2D eigenvalue weighted by molar-refractivity contribution is -0.136. The van der Waals surface area contributed by atoms with Crippen molar-refractivity contribution >= 4 is 28.6 Å². The third kappa shape index (κ3) is 7.45. The van der Waals surface area contributed by atoms with Crippen molar-refractivity contribution in [2.75, 3.05) is 6.61 Å². The number of carboxylic acid groups (broad SMARTS) is 1. The molecule has 0 amide bonds. The minimum Gasteiger partial charge on any atom is -0.494 e. The smallest absolute Gasteiger partial charge is 0.351 e. The van der Waals surface area contributed by atoms with Crippen LogP contribution in [0.4, 0.5) is 4.39 Å². The SMILES string of the molecule is CCOc1ccc(-c2ccc(CCCc3nn(-c4ccc(CI)cc4)c(=O)n3Cc3ccccc3F)cc2)cc1CC(=O)O. The first-order chi connectivity index (χ1) is 21.4. The molecule has 0 bridgehead atoms. The zero-order valence-electron chi connectivity index (χ0n) is 24.4. The van der Waals surface area contributed by atoms with Crippen LogP contribution in [0.1, 0.15) is 41.4 Å². The third-order valence-corrected chi connectivity index (χ3v) is 8.30. The molecule has 1 heterocycles. The Morgan fingerprint density at radius 3 is 2.30 bits per heavy atom. The Morgan fingerprint density at radius 1 is 0.909 bits per heavy atom. The molecule has 0 aliphatic carbocycles. The number of aromatic nitrogens is 3. The highest BCUT2D eigenvalue weighted by molar-refractivity contribution is 14.1. The molecule has 44 heavy (non-hydrogen) atoms. The van der Waals surface area contributed by atoms with Crippen LogP contribution in [0.2, 0.25) is 0 Å². The van der Waals surface area contributed by atoms with Gasteiger partial charge in [-0.2, -0.15) is 4.68 Å². The third-order valence-electron chi connectivity index (χ3n) is 7.42. The fourth-order valence-electron chi connectivity index (χ4n) is 5.14. The maximum atomic E-state index is 14.5. The van der Waals surface area contributed by atoms with Gasteiger partial charge in [-0.05, 0) is 72.4 Å². The Morgan fingerprint density at radius 2 is 1.61 bits per heavy atom. The molecule has 0 saturated carbocycles. The average molecular weight is 706 g/mol. The molecule has 1 N–H and O–H groups in total. The number of carbonyl (C=O) groups is 1. The van der Waals surface area contributed by atoms with Gasteiger partial charge in [0.1, 0.15) is 17.4 Å². The van der Waals surface area contributed by atoms with Gasteiger partial charge in [-0.1, -0.05) is 83.3 Å². The van der Waals surface area contributed by atoms with Gasteiger partial charge in [0.2, 0.25) is 0 Å². The van der Waals surface area contributed by atoms with Gasteiger partial charge < -0.3 is 9.84 Å². The number of hydrogen-bond acceptors (Lipinski definition) is 4. The molecular weight excluding hydrogens is 672 g/mol. The molecule has 0 unspecified atom stereocenters. The topological polar surface area (TPSA) is 86.4 Å². The van der Waals surface area contributed by atoms with E-state index in [4.69, 9.17) is 4.74 Å². The highest BCUT2D eigenvalue weighted by atomic mass is 127. The van der Waals surface area contributed by atoms with Crippen molar-refractivity contribution < 1.29 is 19.0 Å². The van der Waals surface area contributed by atoms with Gasteiger partial charge in [0, 0.05) is 22.0 Å². The normalized spacial score (nSPS) is 11.1. The molecule has 4 aromatic carbocycles. The van der Waals surface area contributed by atoms with Crippen LogP contribution in [0.3, 0.4) is 0 Å². The Balaban J connectivity index is 1.33. The Kier molecular flexibility index (Phi) is 10.3. The summed E-state index contributed by atoms with van der Waals surface area (Å²) >= 11 is 2.30. The molecule has 226 valence electrons. The molecule has 5 rings (SSSR count). The minimum atomic E-state index is -0.906. The largest absolute Gasteiger partial charge is 0.494 e. The molecule has 0 saturated heterocycles. The van der Waals surface area contributed by atoms with Crippen LogP contribution in [-0.2, 0) is 35.0 Å². The van der Waals surface area contributed by atoms with E-state index in [9.17, 15) is 19.1 Å². The number of aliphatic carboxylic acids is 1. The summed E-state index contributed by atoms with van der Waals surface area (Å²) in [4.78, 5) is 24.9. The second-order valence-corrected chi connectivity index (χ2v) is 11.2. The molecule has 0 spiro atoms. The van der Waals surface area contributed by atoms with Crippen molar-refractivity contribution in [3.8, 4) is 22.6 Å². The summed E-state index contributed by atoms with van der Waals surface area (Å²) < 4.78 is 24.0. The van der Waals surface area contributed by atoms with E-state index >= 15 is 0 Å². The molecular formula is C35H33FIN3O4. The molecule has 7 nitrogen and oxygen atoms in total. The van der Waals surface area contributed by atoms with Gasteiger partial charge in [-0.25, -0.2) is 9.18 Å². The van der Waals surface area contributed by atoms with Crippen LogP contribution < -0.4 is 10.4 Å². The predicted octanol–water partition coefficient (Wildman–Crippen LogP) is 7.02. The van der Waals surface area contributed by atoms with Gasteiger partial charge in [0.05, 0.1) is 25.3 Å². The second kappa shape index (κ2) is 14.5. The first-order valence-electron chi connectivity index (χ1n) is 14.5. The fourth-order valence-corrected chi connectivity index (χ4v) is 5.65.